The van der Waals surface area contributed by atoms with Crippen molar-refractivity contribution in [3.63, 3.8) is 0 Å². The van der Waals surface area contributed by atoms with Crippen molar-refractivity contribution in [3.8, 4) is 5.75 Å². The lowest BCUT2D eigenvalue weighted by molar-refractivity contribution is -0.155. The van der Waals surface area contributed by atoms with Crippen LogP contribution in [0.1, 0.15) is 29.7 Å². The number of aliphatic hydroxyl groups is 1. The van der Waals surface area contributed by atoms with Crippen molar-refractivity contribution >= 4 is 37.4 Å². The van der Waals surface area contributed by atoms with Crippen molar-refractivity contribution in [1.29, 1.82) is 0 Å². The Morgan fingerprint density at radius 3 is 1.94 bits per heavy atom. The first kappa shape index (κ1) is 33.3. The van der Waals surface area contributed by atoms with E-state index in [4.69, 9.17) is 9.47 Å². The number of amides is 2. The molecule has 0 spiro atoms. The molecule has 47 heavy (non-hydrogen) atoms. The van der Waals surface area contributed by atoms with Gasteiger partial charge in [0.25, 0.3) is 11.8 Å². The van der Waals surface area contributed by atoms with Crippen molar-refractivity contribution in [2.75, 3.05) is 6.61 Å². The minimum absolute atomic E-state index is 0.0352. The van der Waals surface area contributed by atoms with Crippen molar-refractivity contribution in [2.24, 2.45) is 0 Å². The molecule has 2 N–H and O–H groups in total. The number of hydrogen-bond acceptors (Lipinski definition) is 9. The van der Waals surface area contributed by atoms with Crippen LogP contribution in [0.5, 0.6) is 5.75 Å². The number of ether oxygens (including phenoxy) is 2. The number of aliphatic hydroxyl groups excluding tert-OH is 1. The highest BCUT2D eigenvalue weighted by atomic mass is 33.1. The van der Waals surface area contributed by atoms with Gasteiger partial charge in [0, 0.05) is 10.8 Å². The molecule has 4 aromatic carbocycles. The van der Waals surface area contributed by atoms with Gasteiger partial charge in [-0.1, -0.05) is 96.6 Å². The molecule has 242 valence electrons. The van der Waals surface area contributed by atoms with Crippen LogP contribution in [0.15, 0.2) is 132 Å². The number of nitrogens with one attached hydrogen (secondary N) is 1. The fourth-order valence-corrected chi connectivity index (χ4v) is 8.34. The summed E-state index contributed by atoms with van der Waals surface area (Å²) in [4.78, 5) is 41.1. The minimum atomic E-state index is -4.13. The molecule has 0 unspecified atom stereocenters. The van der Waals surface area contributed by atoms with Crippen LogP contribution in [0.4, 0.5) is 0 Å². The summed E-state index contributed by atoms with van der Waals surface area (Å²) in [5.74, 6) is -2.71. The maximum Gasteiger partial charge on any atom is 0.359 e. The zero-order valence-electron chi connectivity index (χ0n) is 25.5. The van der Waals surface area contributed by atoms with E-state index in [9.17, 15) is 27.9 Å². The van der Waals surface area contributed by atoms with Crippen LogP contribution < -0.4 is 10.1 Å². The third-order valence-electron chi connectivity index (χ3n) is 7.21. The SMILES string of the molecule is C/C(O)=C(/C(=O)OC(c1ccccc1)c1ccccc1)N1C(=O)[C@@H](NC(=O)COc2ccccc2)[C@H]1SS(=O)(=O)c1ccc(C)cc1. The largest absolute Gasteiger partial charge is 0.510 e. The summed E-state index contributed by atoms with van der Waals surface area (Å²) >= 11 is 0. The molecule has 1 aliphatic heterocycles. The number of aryl methyl sites for hydroxylation is 1. The van der Waals surface area contributed by atoms with E-state index >= 15 is 0 Å². The van der Waals surface area contributed by atoms with Crippen LogP contribution in [0.2, 0.25) is 0 Å². The molecule has 1 saturated heterocycles. The van der Waals surface area contributed by atoms with E-state index in [-0.39, 0.29) is 4.90 Å². The molecule has 0 aromatic heterocycles. The van der Waals surface area contributed by atoms with Gasteiger partial charge in [0.15, 0.2) is 18.4 Å². The van der Waals surface area contributed by atoms with E-state index in [1.807, 2.05) is 19.1 Å². The summed E-state index contributed by atoms with van der Waals surface area (Å²) in [6.07, 6.45) is -0.913. The highest BCUT2D eigenvalue weighted by molar-refractivity contribution is 8.72. The molecule has 0 aliphatic carbocycles. The second kappa shape index (κ2) is 14.6. The summed E-state index contributed by atoms with van der Waals surface area (Å²) in [6.45, 7) is 2.55. The van der Waals surface area contributed by atoms with Gasteiger partial charge in [-0.25, -0.2) is 13.2 Å². The number of carbonyl (C=O) groups is 3. The highest BCUT2D eigenvalue weighted by Crippen LogP contribution is 2.41. The van der Waals surface area contributed by atoms with Crippen LogP contribution in [0.3, 0.4) is 0 Å². The van der Waals surface area contributed by atoms with E-state index in [1.54, 1.807) is 91.0 Å². The maximum absolute atomic E-state index is 13.8. The lowest BCUT2D eigenvalue weighted by atomic mass is 10.0. The molecule has 2 amide bonds. The molecule has 12 heteroatoms. The average Bonchev–Trinajstić information content (AvgIpc) is 3.08. The molecular weight excluding hydrogens is 641 g/mol. The van der Waals surface area contributed by atoms with Gasteiger partial charge in [-0.3, -0.25) is 14.5 Å². The van der Waals surface area contributed by atoms with Crippen LogP contribution in [0.25, 0.3) is 0 Å². The van der Waals surface area contributed by atoms with Gasteiger partial charge in [-0.15, -0.1) is 0 Å². The topological polar surface area (TPSA) is 139 Å². The second-order valence-corrected chi connectivity index (χ2v) is 14.6. The first-order chi connectivity index (χ1) is 22.5. The normalized spacial score (nSPS) is 16.6. The lowest BCUT2D eigenvalue weighted by Crippen LogP contribution is -2.70. The summed E-state index contributed by atoms with van der Waals surface area (Å²) < 4.78 is 38.5. The van der Waals surface area contributed by atoms with Crippen LogP contribution in [-0.4, -0.2) is 54.2 Å². The Labute approximate surface area is 276 Å². The molecule has 10 nitrogen and oxygen atoms in total. The standard InChI is InChI=1S/C35H32N2O8S2/c1-23-18-20-28(21-19-23)47(42,43)46-34-30(36-29(39)22-44-27-16-10-5-11-17-27)33(40)37(34)31(24(2)38)35(41)45-32(25-12-6-3-7-13-25)26-14-8-4-9-15-26/h3-21,30,32,34,38H,22H2,1-2H3,(H,36,39)/b31-24+/t30-,34-/m1/s1. The fraction of sp³-hybridized carbons (Fsp3) is 0.171. The summed E-state index contributed by atoms with van der Waals surface area (Å²) in [5.41, 5.74) is 1.56. The Morgan fingerprint density at radius 1 is 0.872 bits per heavy atom. The van der Waals surface area contributed by atoms with E-state index in [0.29, 0.717) is 27.7 Å². The number of para-hydroxylation sites is 1. The number of rotatable bonds is 12. The molecule has 0 bridgehead atoms. The van der Waals surface area contributed by atoms with Crippen molar-refractivity contribution in [1.82, 2.24) is 10.2 Å². The zero-order chi connectivity index (χ0) is 33.6. The van der Waals surface area contributed by atoms with Crippen molar-refractivity contribution < 1.29 is 37.4 Å². The van der Waals surface area contributed by atoms with Crippen molar-refractivity contribution in [3.05, 3.63) is 143 Å². The van der Waals surface area contributed by atoms with Crippen LogP contribution in [0, 0.1) is 6.92 Å². The Kier molecular flexibility index (Phi) is 10.3. The highest BCUT2D eigenvalue weighted by Gasteiger charge is 2.55. The minimum Gasteiger partial charge on any atom is -0.510 e. The predicted molar refractivity (Wildman–Crippen MR) is 177 cm³/mol. The zero-order valence-corrected chi connectivity index (χ0v) is 27.1. The second-order valence-electron chi connectivity index (χ2n) is 10.6. The maximum atomic E-state index is 13.8. The molecule has 0 saturated carbocycles. The number of allylic oxidation sites excluding steroid dienone is 1. The number of likely N-dealkylation sites (tertiary alicyclic amines) is 1. The molecule has 0 radical (unpaired) electrons. The molecule has 1 aliphatic rings. The van der Waals surface area contributed by atoms with Crippen LogP contribution >= 0.6 is 10.8 Å². The van der Waals surface area contributed by atoms with Gasteiger partial charge in [0.1, 0.15) is 22.9 Å². The lowest BCUT2D eigenvalue weighted by Gasteiger charge is -2.46. The monoisotopic (exact) mass is 672 g/mol. The molecule has 2 atom stereocenters. The fourth-order valence-electron chi connectivity index (χ4n) is 4.87. The molecular formula is C35H32N2O8S2. The Hall–Kier alpha value is -5.07. The smallest absolute Gasteiger partial charge is 0.359 e. The van der Waals surface area contributed by atoms with Crippen molar-refractivity contribution in [2.45, 2.75) is 36.3 Å². The summed E-state index contributed by atoms with van der Waals surface area (Å²) in [6, 6.07) is 31.1. The van der Waals surface area contributed by atoms with Gasteiger partial charge >= 0.3 is 5.97 Å². The summed E-state index contributed by atoms with van der Waals surface area (Å²) in [5, 5.41) is 11.9. The van der Waals surface area contributed by atoms with E-state index in [1.165, 1.54) is 19.1 Å². The van der Waals surface area contributed by atoms with Gasteiger partial charge in [0.05, 0.1) is 4.90 Å². The quantitative estimate of drug-likeness (QED) is 0.0678. The first-order valence-electron chi connectivity index (χ1n) is 14.6. The third-order valence-corrected chi connectivity index (χ3v) is 10.9. The number of esters is 1. The van der Waals surface area contributed by atoms with Gasteiger partial charge in [-0.05, 0) is 49.2 Å². The number of hydrogen-bond donors (Lipinski definition) is 2. The number of β-lactam (4-membered cyclic amide) rings is 1. The molecule has 1 fully saturated rings. The Bertz CT molecular complexity index is 1820. The molecule has 4 aromatic rings. The Balaban J connectivity index is 1.44. The molecule has 5 rings (SSSR count). The van der Waals surface area contributed by atoms with E-state index < -0.39 is 62.2 Å². The van der Waals surface area contributed by atoms with E-state index in [0.717, 1.165) is 10.5 Å². The molecule has 1 heterocycles. The average molecular weight is 673 g/mol. The van der Waals surface area contributed by atoms with Gasteiger partial charge < -0.3 is 19.9 Å². The summed E-state index contributed by atoms with van der Waals surface area (Å²) in [7, 11) is -3.76. The first-order valence-corrected chi connectivity index (χ1v) is 17.4. The number of benzene rings is 4. The van der Waals surface area contributed by atoms with Gasteiger partial charge in [-0.2, -0.15) is 0 Å². The number of carbonyl (C=O) groups excluding carboxylic acids is 3. The van der Waals surface area contributed by atoms with Gasteiger partial charge in [0.2, 0.25) is 8.87 Å². The third kappa shape index (κ3) is 7.84. The Morgan fingerprint density at radius 2 is 1.40 bits per heavy atom. The van der Waals surface area contributed by atoms with Crippen LogP contribution in [-0.2, 0) is 28.0 Å². The van der Waals surface area contributed by atoms with E-state index in [2.05, 4.69) is 5.32 Å². The predicted octanol–water partition coefficient (Wildman–Crippen LogP) is 5.27. The number of nitrogens with zero attached hydrogens (tertiary/aromatic N) is 1.